The van der Waals surface area contributed by atoms with Crippen molar-refractivity contribution < 1.29 is 9.59 Å². The van der Waals surface area contributed by atoms with E-state index in [4.69, 9.17) is 5.73 Å². The Balaban J connectivity index is 0.00000220. The standard InChI is InChI=1S/C17H17NO2.ClH/c1-10-9-14(15(18)12(3)11(10)2)17(20)16(19)13-7-5-4-6-8-13;/h4-9H,18H2,1-3H3;1H. The Morgan fingerprint density at radius 2 is 1.48 bits per heavy atom. The predicted molar refractivity (Wildman–Crippen MR) is 87.4 cm³/mol. The normalized spacial score (nSPS) is 9.86. The molecule has 21 heavy (non-hydrogen) atoms. The molecule has 0 radical (unpaired) electrons. The molecule has 2 N–H and O–H groups in total. The molecule has 0 fully saturated rings. The third-order valence-electron chi connectivity index (χ3n) is 3.70. The van der Waals surface area contributed by atoms with Crippen LogP contribution >= 0.6 is 12.4 Å². The number of carbonyl (C=O) groups excluding carboxylic acids is 2. The predicted octanol–water partition coefficient (Wildman–Crippen LogP) is 3.68. The van der Waals surface area contributed by atoms with Gasteiger partial charge in [-0.25, -0.2) is 0 Å². The van der Waals surface area contributed by atoms with E-state index in [9.17, 15) is 9.59 Å². The molecule has 0 aliphatic rings. The number of nitrogen functional groups attached to an aromatic ring is 1. The van der Waals surface area contributed by atoms with Crippen molar-refractivity contribution in [3.63, 3.8) is 0 Å². The van der Waals surface area contributed by atoms with Crippen LogP contribution in [0.2, 0.25) is 0 Å². The number of ketones is 2. The maximum atomic E-state index is 12.4. The first-order valence-electron chi connectivity index (χ1n) is 6.43. The number of hydrogen-bond donors (Lipinski definition) is 1. The molecule has 0 aliphatic carbocycles. The summed E-state index contributed by atoms with van der Waals surface area (Å²) in [6.07, 6.45) is 0. The molecule has 2 aromatic rings. The molecular formula is C17H18ClNO2. The van der Waals surface area contributed by atoms with Crippen LogP contribution in [0.5, 0.6) is 0 Å². The molecule has 0 aliphatic heterocycles. The third-order valence-corrected chi connectivity index (χ3v) is 3.70. The molecule has 110 valence electrons. The largest absolute Gasteiger partial charge is 0.398 e. The van der Waals surface area contributed by atoms with Crippen molar-refractivity contribution in [1.82, 2.24) is 0 Å². The Labute approximate surface area is 130 Å². The molecule has 3 nitrogen and oxygen atoms in total. The van der Waals surface area contributed by atoms with Crippen molar-refractivity contribution in [2.75, 3.05) is 5.73 Å². The number of anilines is 1. The van der Waals surface area contributed by atoms with Gasteiger partial charge in [0.05, 0.1) is 0 Å². The summed E-state index contributed by atoms with van der Waals surface area (Å²) >= 11 is 0. The Bertz CT molecular complexity index is 694. The van der Waals surface area contributed by atoms with Crippen LogP contribution in [0.4, 0.5) is 5.69 Å². The Morgan fingerprint density at radius 1 is 0.905 bits per heavy atom. The Kier molecular flexibility index (Phi) is 5.28. The molecule has 2 rings (SSSR count). The average Bonchev–Trinajstić information content (AvgIpc) is 2.48. The topological polar surface area (TPSA) is 60.2 Å². The molecular weight excluding hydrogens is 286 g/mol. The van der Waals surface area contributed by atoms with Crippen LogP contribution in [0.15, 0.2) is 36.4 Å². The zero-order valence-corrected chi connectivity index (χ0v) is 13.1. The zero-order valence-electron chi connectivity index (χ0n) is 12.3. The molecule has 0 unspecified atom stereocenters. The van der Waals surface area contributed by atoms with E-state index in [1.807, 2.05) is 20.8 Å². The number of carbonyl (C=O) groups is 2. The average molecular weight is 304 g/mol. The van der Waals surface area contributed by atoms with Gasteiger partial charge in [0, 0.05) is 16.8 Å². The van der Waals surface area contributed by atoms with E-state index in [1.54, 1.807) is 36.4 Å². The van der Waals surface area contributed by atoms with E-state index < -0.39 is 11.6 Å². The van der Waals surface area contributed by atoms with Crippen LogP contribution in [0.3, 0.4) is 0 Å². The second-order valence-corrected chi connectivity index (χ2v) is 4.93. The number of rotatable bonds is 3. The van der Waals surface area contributed by atoms with Crippen molar-refractivity contribution in [3.05, 3.63) is 64.2 Å². The maximum Gasteiger partial charge on any atom is 0.235 e. The number of benzene rings is 2. The molecule has 4 heteroatoms. The summed E-state index contributed by atoms with van der Waals surface area (Å²) in [6, 6.07) is 10.2. The van der Waals surface area contributed by atoms with Gasteiger partial charge in [-0.15, -0.1) is 12.4 Å². The lowest BCUT2D eigenvalue weighted by molar-refractivity contribution is 0.0817. The highest BCUT2D eigenvalue weighted by molar-refractivity contribution is 6.50. The Hall–Kier alpha value is -2.13. The summed E-state index contributed by atoms with van der Waals surface area (Å²) < 4.78 is 0. The van der Waals surface area contributed by atoms with Crippen molar-refractivity contribution in [3.8, 4) is 0 Å². The molecule has 2 aromatic carbocycles. The zero-order chi connectivity index (χ0) is 14.9. The molecule has 0 bridgehead atoms. The minimum Gasteiger partial charge on any atom is -0.398 e. The second-order valence-electron chi connectivity index (χ2n) is 4.93. The van der Waals surface area contributed by atoms with E-state index >= 15 is 0 Å². The monoisotopic (exact) mass is 303 g/mol. The smallest absolute Gasteiger partial charge is 0.235 e. The van der Waals surface area contributed by atoms with E-state index in [0.29, 0.717) is 16.8 Å². The molecule has 0 saturated carbocycles. The van der Waals surface area contributed by atoms with Crippen LogP contribution in [0.25, 0.3) is 0 Å². The number of nitrogens with two attached hydrogens (primary N) is 1. The first kappa shape index (κ1) is 16.9. The van der Waals surface area contributed by atoms with E-state index in [-0.39, 0.29) is 12.4 Å². The van der Waals surface area contributed by atoms with Crippen molar-refractivity contribution >= 4 is 29.7 Å². The second kappa shape index (κ2) is 6.55. The van der Waals surface area contributed by atoms with Gasteiger partial charge in [-0.3, -0.25) is 9.59 Å². The fourth-order valence-electron chi connectivity index (χ4n) is 2.13. The molecule has 0 spiro atoms. The molecule has 0 saturated heterocycles. The summed E-state index contributed by atoms with van der Waals surface area (Å²) in [5, 5.41) is 0. The van der Waals surface area contributed by atoms with E-state index in [1.165, 1.54) is 0 Å². The highest BCUT2D eigenvalue weighted by atomic mass is 35.5. The van der Waals surface area contributed by atoms with Crippen LogP contribution < -0.4 is 5.73 Å². The number of hydrogen-bond acceptors (Lipinski definition) is 3. The van der Waals surface area contributed by atoms with Gasteiger partial charge in [0.25, 0.3) is 0 Å². The third kappa shape index (κ3) is 3.14. The number of Topliss-reactive ketones (excluding diaryl/α,β-unsaturated/α-hetero) is 2. The van der Waals surface area contributed by atoms with Crippen molar-refractivity contribution in [2.24, 2.45) is 0 Å². The van der Waals surface area contributed by atoms with Crippen LogP contribution in [0, 0.1) is 20.8 Å². The number of halogens is 1. The first-order chi connectivity index (χ1) is 9.43. The highest BCUT2D eigenvalue weighted by Gasteiger charge is 2.22. The highest BCUT2D eigenvalue weighted by Crippen LogP contribution is 2.25. The van der Waals surface area contributed by atoms with Gasteiger partial charge in [0.1, 0.15) is 0 Å². The van der Waals surface area contributed by atoms with Gasteiger partial charge < -0.3 is 5.73 Å². The maximum absolute atomic E-state index is 12.4. The molecule has 0 atom stereocenters. The van der Waals surface area contributed by atoms with E-state index in [2.05, 4.69) is 0 Å². The lowest BCUT2D eigenvalue weighted by Crippen LogP contribution is -2.17. The van der Waals surface area contributed by atoms with Crippen molar-refractivity contribution in [1.29, 1.82) is 0 Å². The molecule has 0 aromatic heterocycles. The van der Waals surface area contributed by atoms with Gasteiger partial charge in [-0.2, -0.15) is 0 Å². The summed E-state index contributed by atoms with van der Waals surface area (Å²) in [6.45, 7) is 5.72. The Morgan fingerprint density at radius 3 is 2.05 bits per heavy atom. The quantitative estimate of drug-likeness (QED) is 0.534. The van der Waals surface area contributed by atoms with Gasteiger partial charge >= 0.3 is 0 Å². The minimum atomic E-state index is -0.556. The van der Waals surface area contributed by atoms with Gasteiger partial charge in [0.2, 0.25) is 11.6 Å². The molecule has 0 heterocycles. The fourth-order valence-corrected chi connectivity index (χ4v) is 2.13. The van der Waals surface area contributed by atoms with Crippen molar-refractivity contribution in [2.45, 2.75) is 20.8 Å². The van der Waals surface area contributed by atoms with E-state index in [0.717, 1.165) is 16.7 Å². The summed E-state index contributed by atoms with van der Waals surface area (Å²) in [4.78, 5) is 24.6. The lowest BCUT2D eigenvalue weighted by atomic mass is 9.93. The lowest BCUT2D eigenvalue weighted by Gasteiger charge is -2.12. The minimum absolute atomic E-state index is 0. The van der Waals surface area contributed by atoms with Gasteiger partial charge in [-0.1, -0.05) is 30.3 Å². The fraction of sp³-hybridized carbons (Fsp3) is 0.176. The molecule has 0 amide bonds. The summed E-state index contributed by atoms with van der Waals surface area (Å²) in [5.41, 5.74) is 9.92. The van der Waals surface area contributed by atoms with Crippen LogP contribution in [0.1, 0.15) is 37.4 Å². The SMILES string of the molecule is Cc1cc(C(=O)C(=O)c2ccccc2)c(N)c(C)c1C.Cl. The summed E-state index contributed by atoms with van der Waals surface area (Å²) in [5.74, 6) is -1.08. The van der Waals surface area contributed by atoms with Crippen LogP contribution in [-0.2, 0) is 0 Å². The number of aryl methyl sites for hydroxylation is 1. The van der Waals surface area contributed by atoms with Gasteiger partial charge in [0.15, 0.2) is 0 Å². The van der Waals surface area contributed by atoms with Crippen LogP contribution in [-0.4, -0.2) is 11.6 Å². The summed E-state index contributed by atoms with van der Waals surface area (Å²) in [7, 11) is 0. The first-order valence-corrected chi connectivity index (χ1v) is 6.43. The van der Waals surface area contributed by atoms with Gasteiger partial charge in [-0.05, 0) is 43.5 Å².